The molecular weight excluding hydrogens is 336 g/mol. The van der Waals surface area contributed by atoms with Crippen LogP contribution in [0.25, 0.3) is 22.0 Å². The van der Waals surface area contributed by atoms with Crippen LogP contribution < -0.4 is 5.32 Å². The summed E-state index contributed by atoms with van der Waals surface area (Å²) in [7, 11) is 0. The number of amides is 1. The molecule has 0 bridgehead atoms. The van der Waals surface area contributed by atoms with Gasteiger partial charge in [0.25, 0.3) is 5.91 Å². The predicted octanol–water partition coefficient (Wildman–Crippen LogP) is 4.93. The van der Waals surface area contributed by atoms with Crippen LogP contribution >= 0.6 is 0 Å². The molecule has 0 atom stereocenters. The lowest BCUT2D eigenvalue weighted by Crippen LogP contribution is -2.18. The highest BCUT2D eigenvalue weighted by Crippen LogP contribution is 2.24. The molecule has 5 nitrogen and oxygen atoms in total. The fraction of sp³-hybridized carbons (Fsp3) is 0.136. The molecule has 4 aromatic rings. The third-order valence-corrected chi connectivity index (χ3v) is 4.44. The first-order valence-corrected chi connectivity index (χ1v) is 8.92. The van der Waals surface area contributed by atoms with Crippen LogP contribution in [0, 0.1) is 0 Å². The molecule has 1 N–H and O–H groups in total. The van der Waals surface area contributed by atoms with E-state index in [0.717, 1.165) is 22.0 Å². The van der Waals surface area contributed by atoms with Crippen molar-refractivity contribution in [3.63, 3.8) is 0 Å². The molecular formula is C22H20N4O. The summed E-state index contributed by atoms with van der Waals surface area (Å²) < 4.78 is 1.71. The first-order chi connectivity index (χ1) is 13.1. The van der Waals surface area contributed by atoms with E-state index < -0.39 is 0 Å². The molecule has 0 aliphatic rings. The summed E-state index contributed by atoms with van der Waals surface area (Å²) in [6.07, 6.45) is 3.50. The number of carbonyl (C=O) groups is 1. The van der Waals surface area contributed by atoms with Gasteiger partial charge in [-0.3, -0.25) is 14.5 Å². The monoisotopic (exact) mass is 356 g/mol. The maximum Gasteiger partial charge on any atom is 0.273 e. The van der Waals surface area contributed by atoms with Gasteiger partial charge >= 0.3 is 0 Å². The lowest BCUT2D eigenvalue weighted by atomic mass is 10.1. The first kappa shape index (κ1) is 17.0. The standard InChI is InChI=1S/C22H20N4O/c1-15(2)26-21(10-11-24-26)22(27)25-19-9-8-17-12-18(14-23-20(17)13-19)16-6-4-3-5-7-16/h3-15H,1-2H3,(H,25,27). The number of hydrogen-bond donors (Lipinski definition) is 1. The van der Waals surface area contributed by atoms with Gasteiger partial charge in [0.2, 0.25) is 0 Å². The van der Waals surface area contributed by atoms with Crippen molar-refractivity contribution in [2.75, 3.05) is 5.32 Å². The summed E-state index contributed by atoms with van der Waals surface area (Å²) in [6.45, 7) is 3.99. The number of hydrogen-bond acceptors (Lipinski definition) is 3. The number of pyridine rings is 1. The van der Waals surface area contributed by atoms with Gasteiger partial charge in [0.15, 0.2) is 0 Å². The van der Waals surface area contributed by atoms with Gasteiger partial charge in [0, 0.05) is 35.1 Å². The van der Waals surface area contributed by atoms with Crippen molar-refractivity contribution in [1.29, 1.82) is 0 Å². The highest BCUT2D eigenvalue weighted by Gasteiger charge is 2.14. The van der Waals surface area contributed by atoms with Gasteiger partial charge in [-0.05, 0) is 43.7 Å². The van der Waals surface area contributed by atoms with Gasteiger partial charge in [-0.2, -0.15) is 5.10 Å². The molecule has 2 heterocycles. The van der Waals surface area contributed by atoms with Crippen LogP contribution in [-0.2, 0) is 0 Å². The van der Waals surface area contributed by atoms with Crippen LogP contribution in [0.15, 0.2) is 73.1 Å². The van der Waals surface area contributed by atoms with E-state index >= 15 is 0 Å². The Labute approximate surface area is 157 Å². The molecule has 2 aromatic carbocycles. The van der Waals surface area contributed by atoms with E-state index in [0.29, 0.717) is 11.4 Å². The Morgan fingerprint density at radius 1 is 1.00 bits per heavy atom. The Bertz CT molecular complexity index is 1100. The fourth-order valence-corrected chi connectivity index (χ4v) is 3.09. The SMILES string of the molecule is CC(C)n1nccc1C(=O)Nc1ccc2cc(-c3ccccc3)cnc2c1. The van der Waals surface area contributed by atoms with Crippen LogP contribution in [0.2, 0.25) is 0 Å². The summed E-state index contributed by atoms with van der Waals surface area (Å²) in [5, 5.41) is 8.18. The summed E-state index contributed by atoms with van der Waals surface area (Å²) in [4.78, 5) is 17.1. The van der Waals surface area contributed by atoms with Crippen molar-refractivity contribution < 1.29 is 4.79 Å². The Morgan fingerprint density at radius 3 is 2.59 bits per heavy atom. The lowest BCUT2D eigenvalue weighted by Gasteiger charge is -2.11. The topological polar surface area (TPSA) is 59.8 Å². The molecule has 27 heavy (non-hydrogen) atoms. The van der Waals surface area contributed by atoms with Crippen molar-refractivity contribution in [3.05, 3.63) is 78.8 Å². The number of nitrogens with zero attached hydrogens (tertiary/aromatic N) is 3. The zero-order valence-electron chi connectivity index (χ0n) is 15.3. The molecule has 0 spiro atoms. The highest BCUT2D eigenvalue weighted by atomic mass is 16.2. The van der Waals surface area contributed by atoms with E-state index in [2.05, 4.69) is 33.6 Å². The van der Waals surface area contributed by atoms with E-state index in [4.69, 9.17) is 0 Å². The zero-order chi connectivity index (χ0) is 18.8. The highest BCUT2D eigenvalue weighted by molar-refractivity contribution is 6.04. The molecule has 5 heteroatoms. The van der Waals surface area contributed by atoms with Crippen molar-refractivity contribution in [1.82, 2.24) is 14.8 Å². The van der Waals surface area contributed by atoms with E-state index in [-0.39, 0.29) is 11.9 Å². The second kappa shape index (κ2) is 7.03. The molecule has 0 radical (unpaired) electrons. The quantitative estimate of drug-likeness (QED) is 0.564. The Kier molecular flexibility index (Phi) is 4.42. The van der Waals surface area contributed by atoms with Gasteiger partial charge in [-0.25, -0.2) is 0 Å². The van der Waals surface area contributed by atoms with Gasteiger partial charge in [0.05, 0.1) is 5.52 Å². The molecule has 0 unspecified atom stereocenters. The van der Waals surface area contributed by atoms with Crippen LogP contribution in [0.1, 0.15) is 30.4 Å². The van der Waals surface area contributed by atoms with Crippen molar-refractivity contribution in [2.45, 2.75) is 19.9 Å². The fourth-order valence-electron chi connectivity index (χ4n) is 3.09. The minimum absolute atomic E-state index is 0.121. The number of carbonyl (C=O) groups excluding carboxylic acids is 1. The van der Waals surface area contributed by atoms with Gasteiger partial charge in [0.1, 0.15) is 5.69 Å². The van der Waals surface area contributed by atoms with Gasteiger partial charge < -0.3 is 5.32 Å². The third kappa shape index (κ3) is 3.44. The number of nitrogens with one attached hydrogen (secondary N) is 1. The van der Waals surface area contributed by atoms with Crippen molar-refractivity contribution in [2.24, 2.45) is 0 Å². The molecule has 134 valence electrons. The molecule has 0 aliphatic carbocycles. The number of anilines is 1. The Morgan fingerprint density at radius 2 is 1.81 bits per heavy atom. The normalized spacial score (nSPS) is 11.1. The first-order valence-electron chi connectivity index (χ1n) is 8.92. The lowest BCUT2D eigenvalue weighted by molar-refractivity contribution is 0.101. The van der Waals surface area contributed by atoms with Gasteiger partial charge in [-0.15, -0.1) is 0 Å². The van der Waals surface area contributed by atoms with E-state index in [9.17, 15) is 4.79 Å². The van der Waals surface area contributed by atoms with E-state index in [1.807, 2.05) is 56.4 Å². The Balaban J connectivity index is 1.60. The third-order valence-electron chi connectivity index (χ3n) is 4.44. The number of benzene rings is 2. The average molecular weight is 356 g/mol. The molecule has 0 fully saturated rings. The van der Waals surface area contributed by atoms with E-state index in [1.165, 1.54) is 0 Å². The summed E-state index contributed by atoms with van der Waals surface area (Å²) in [6, 6.07) is 19.9. The smallest absolute Gasteiger partial charge is 0.273 e. The maximum absolute atomic E-state index is 12.6. The molecule has 0 aliphatic heterocycles. The van der Waals surface area contributed by atoms with E-state index in [1.54, 1.807) is 16.9 Å². The molecule has 0 saturated carbocycles. The minimum Gasteiger partial charge on any atom is -0.321 e. The van der Waals surface area contributed by atoms with Crippen LogP contribution in [-0.4, -0.2) is 20.7 Å². The van der Waals surface area contributed by atoms with Crippen LogP contribution in [0.3, 0.4) is 0 Å². The van der Waals surface area contributed by atoms with Crippen molar-refractivity contribution in [3.8, 4) is 11.1 Å². The summed E-state index contributed by atoms with van der Waals surface area (Å²) in [5.41, 5.74) is 4.29. The van der Waals surface area contributed by atoms with Crippen LogP contribution in [0.5, 0.6) is 0 Å². The Hall–Kier alpha value is -3.47. The largest absolute Gasteiger partial charge is 0.321 e. The molecule has 4 rings (SSSR count). The average Bonchev–Trinajstić information content (AvgIpc) is 3.19. The zero-order valence-corrected chi connectivity index (χ0v) is 15.3. The maximum atomic E-state index is 12.6. The second-order valence-electron chi connectivity index (χ2n) is 6.71. The number of aromatic nitrogens is 3. The molecule has 0 saturated heterocycles. The number of fused-ring (bicyclic) bond motifs is 1. The molecule has 1 amide bonds. The predicted molar refractivity (Wildman–Crippen MR) is 108 cm³/mol. The summed E-state index contributed by atoms with van der Waals surface area (Å²) in [5.74, 6) is -0.179. The summed E-state index contributed by atoms with van der Waals surface area (Å²) >= 11 is 0. The molecule has 2 aromatic heterocycles. The van der Waals surface area contributed by atoms with Crippen molar-refractivity contribution >= 4 is 22.5 Å². The minimum atomic E-state index is -0.179. The number of rotatable bonds is 4. The van der Waals surface area contributed by atoms with Crippen LogP contribution in [0.4, 0.5) is 5.69 Å². The second-order valence-corrected chi connectivity index (χ2v) is 6.71. The van der Waals surface area contributed by atoms with Gasteiger partial charge in [-0.1, -0.05) is 36.4 Å².